The number of amides is 1. The first-order valence-electron chi connectivity index (χ1n) is 4.67. The van der Waals surface area contributed by atoms with Crippen LogP contribution in [0.3, 0.4) is 0 Å². The van der Waals surface area contributed by atoms with Crippen molar-refractivity contribution in [2.75, 3.05) is 13.2 Å². The Hall–Kier alpha value is -0.610. The number of ether oxygens (including phenoxy) is 2. The van der Waals surface area contributed by atoms with E-state index in [-0.39, 0.29) is 30.3 Å². The predicted octanol–water partition coefficient (Wildman–Crippen LogP) is 0.0689. The van der Waals surface area contributed by atoms with Gasteiger partial charge in [-0.15, -0.1) is 0 Å². The van der Waals surface area contributed by atoms with Crippen molar-refractivity contribution in [3.63, 3.8) is 0 Å². The van der Waals surface area contributed by atoms with Gasteiger partial charge in [-0.2, -0.15) is 0 Å². The minimum atomic E-state index is -0.269. The summed E-state index contributed by atoms with van der Waals surface area (Å²) in [4.78, 5) is 11.2. The van der Waals surface area contributed by atoms with Gasteiger partial charge >= 0.3 is 0 Å². The monoisotopic (exact) mass is 185 g/mol. The highest BCUT2D eigenvalue weighted by atomic mass is 16.5. The number of rotatable bonds is 0. The highest BCUT2D eigenvalue weighted by Crippen LogP contribution is 2.32. The van der Waals surface area contributed by atoms with E-state index in [0.29, 0.717) is 6.61 Å². The maximum Gasteiger partial charge on any atom is 0.246 e. The summed E-state index contributed by atoms with van der Waals surface area (Å²) in [7, 11) is 0. The highest BCUT2D eigenvalue weighted by molar-refractivity contribution is 5.79. The molecule has 0 aromatic heterocycles. The molecule has 4 heteroatoms. The molecule has 0 aromatic carbocycles. The fraction of sp³-hybridized carbons (Fsp3) is 0.889. The van der Waals surface area contributed by atoms with E-state index in [2.05, 4.69) is 5.32 Å². The van der Waals surface area contributed by atoms with Crippen LogP contribution in [0, 0.1) is 0 Å². The second-order valence-electron chi connectivity index (χ2n) is 3.99. The molecule has 1 N–H and O–H groups in total. The average molecular weight is 185 g/mol. The van der Waals surface area contributed by atoms with Gasteiger partial charge in [-0.05, 0) is 13.8 Å². The molecule has 2 aliphatic rings. The molecule has 0 saturated carbocycles. The SMILES string of the molecule is CC1CC2(COCC(=O)N2)C(C)O1. The Morgan fingerprint density at radius 1 is 1.54 bits per heavy atom. The van der Waals surface area contributed by atoms with Gasteiger partial charge in [-0.1, -0.05) is 0 Å². The summed E-state index contributed by atoms with van der Waals surface area (Å²) >= 11 is 0. The Morgan fingerprint density at radius 3 is 2.85 bits per heavy atom. The molecule has 3 unspecified atom stereocenters. The van der Waals surface area contributed by atoms with E-state index in [1.54, 1.807) is 0 Å². The van der Waals surface area contributed by atoms with Gasteiger partial charge in [0.2, 0.25) is 5.91 Å². The van der Waals surface area contributed by atoms with E-state index in [1.807, 2.05) is 13.8 Å². The number of carbonyl (C=O) groups is 1. The Morgan fingerprint density at radius 2 is 2.31 bits per heavy atom. The minimum Gasteiger partial charge on any atom is -0.373 e. The summed E-state index contributed by atoms with van der Waals surface area (Å²) in [5.41, 5.74) is -0.269. The van der Waals surface area contributed by atoms with Crippen LogP contribution >= 0.6 is 0 Å². The van der Waals surface area contributed by atoms with Gasteiger partial charge in [0.1, 0.15) is 6.61 Å². The van der Waals surface area contributed by atoms with E-state index >= 15 is 0 Å². The quantitative estimate of drug-likeness (QED) is 0.581. The van der Waals surface area contributed by atoms with Crippen molar-refractivity contribution >= 4 is 5.91 Å². The van der Waals surface area contributed by atoms with E-state index in [9.17, 15) is 4.79 Å². The van der Waals surface area contributed by atoms with Crippen LogP contribution in [0.1, 0.15) is 20.3 Å². The lowest BCUT2D eigenvalue weighted by molar-refractivity contribution is -0.137. The molecule has 0 bridgehead atoms. The maximum absolute atomic E-state index is 11.2. The third-order valence-electron chi connectivity index (χ3n) is 2.85. The lowest BCUT2D eigenvalue weighted by Crippen LogP contribution is -2.60. The van der Waals surface area contributed by atoms with Crippen LogP contribution in [0.15, 0.2) is 0 Å². The van der Waals surface area contributed by atoms with E-state index in [0.717, 1.165) is 6.42 Å². The predicted molar refractivity (Wildman–Crippen MR) is 46.3 cm³/mol. The second kappa shape index (κ2) is 2.96. The molecule has 3 atom stereocenters. The fourth-order valence-electron chi connectivity index (χ4n) is 2.21. The molecular formula is C9H15NO3. The van der Waals surface area contributed by atoms with E-state index < -0.39 is 0 Å². The van der Waals surface area contributed by atoms with E-state index in [4.69, 9.17) is 9.47 Å². The van der Waals surface area contributed by atoms with Crippen LogP contribution in [0.25, 0.3) is 0 Å². The number of morpholine rings is 1. The average Bonchev–Trinajstić information content (AvgIpc) is 2.26. The molecule has 0 aromatic rings. The number of nitrogens with one attached hydrogen (secondary N) is 1. The van der Waals surface area contributed by atoms with Gasteiger partial charge in [0.05, 0.1) is 24.4 Å². The fourth-order valence-corrected chi connectivity index (χ4v) is 2.21. The lowest BCUT2D eigenvalue weighted by atomic mass is 9.90. The molecular weight excluding hydrogens is 170 g/mol. The highest BCUT2D eigenvalue weighted by Gasteiger charge is 2.47. The first kappa shape index (κ1) is 8.97. The summed E-state index contributed by atoms with van der Waals surface area (Å²) in [5.74, 6) is -0.0317. The Labute approximate surface area is 77.6 Å². The Kier molecular flexibility index (Phi) is 2.04. The van der Waals surface area contributed by atoms with Crippen LogP contribution in [-0.4, -0.2) is 36.9 Å². The molecule has 2 saturated heterocycles. The first-order valence-corrected chi connectivity index (χ1v) is 4.67. The van der Waals surface area contributed by atoms with E-state index in [1.165, 1.54) is 0 Å². The van der Waals surface area contributed by atoms with Crippen molar-refractivity contribution in [2.24, 2.45) is 0 Å². The third kappa shape index (κ3) is 1.44. The van der Waals surface area contributed by atoms with Crippen molar-refractivity contribution in [1.82, 2.24) is 5.32 Å². The van der Waals surface area contributed by atoms with Gasteiger partial charge in [-0.25, -0.2) is 0 Å². The topological polar surface area (TPSA) is 47.6 Å². The molecule has 2 heterocycles. The zero-order valence-electron chi connectivity index (χ0n) is 8.00. The van der Waals surface area contributed by atoms with Crippen LogP contribution < -0.4 is 5.32 Å². The van der Waals surface area contributed by atoms with Crippen molar-refractivity contribution in [3.05, 3.63) is 0 Å². The van der Waals surface area contributed by atoms with Gasteiger partial charge < -0.3 is 14.8 Å². The molecule has 1 amide bonds. The van der Waals surface area contributed by atoms with Gasteiger partial charge in [0.15, 0.2) is 0 Å². The molecule has 0 radical (unpaired) electrons. The molecule has 4 nitrogen and oxygen atoms in total. The molecule has 13 heavy (non-hydrogen) atoms. The Bertz CT molecular complexity index is 231. The molecule has 2 aliphatic heterocycles. The molecule has 74 valence electrons. The van der Waals surface area contributed by atoms with Crippen LogP contribution in [-0.2, 0) is 14.3 Å². The van der Waals surface area contributed by atoms with Crippen molar-refractivity contribution in [1.29, 1.82) is 0 Å². The summed E-state index contributed by atoms with van der Waals surface area (Å²) in [6, 6.07) is 0. The first-order chi connectivity index (χ1) is 6.12. The lowest BCUT2D eigenvalue weighted by Gasteiger charge is -2.36. The number of hydrogen-bond acceptors (Lipinski definition) is 3. The van der Waals surface area contributed by atoms with Crippen LogP contribution in [0.5, 0.6) is 0 Å². The van der Waals surface area contributed by atoms with Crippen molar-refractivity contribution in [2.45, 2.75) is 38.0 Å². The smallest absolute Gasteiger partial charge is 0.246 e. The normalized spacial score (nSPS) is 45.2. The molecule has 2 fully saturated rings. The number of carbonyl (C=O) groups excluding carboxylic acids is 1. The molecule has 2 rings (SSSR count). The summed E-state index contributed by atoms with van der Waals surface area (Å²) in [6.45, 7) is 4.76. The molecule has 1 spiro atoms. The van der Waals surface area contributed by atoms with Crippen LogP contribution in [0.4, 0.5) is 0 Å². The zero-order valence-corrected chi connectivity index (χ0v) is 8.00. The van der Waals surface area contributed by atoms with Crippen LogP contribution in [0.2, 0.25) is 0 Å². The van der Waals surface area contributed by atoms with Crippen molar-refractivity contribution < 1.29 is 14.3 Å². The van der Waals surface area contributed by atoms with Gasteiger partial charge in [0, 0.05) is 6.42 Å². The van der Waals surface area contributed by atoms with Gasteiger partial charge in [0.25, 0.3) is 0 Å². The maximum atomic E-state index is 11.2. The summed E-state index contributed by atoms with van der Waals surface area (Å²) in [6.07, 6.45) is 1.10. The third-order valence-corrected chi connectivity index (χ3v) is 2.85. The standard InChI is InChI=1S/C9H15NO3/c1-6-3-9(7(2)13-6)5-12-4-8(11)10-9/h6-7H,3-5H2,1-2H3,(H,10,11). The summed E-state index contributed by atoms with van der Waals surface area (Å²) in [5, 5.41) is 2.98. The van der Waals surface area contributed by atoms with Crippen molar-refractivity contribution in [3.8, 4) is 0 Å². The summed E-state index contributed by atoms with van der Waals surface area (Å²) < 4.78 is 10.9. The molecule has 0 aliphatic carbocycles. The number of hydrogen-bond donors (Lipinski definition) is 1. The largest absolute Gasteiger partial charge is 0.373 e. The second-order valence-corrected chi connectivity index (χ2v) is 3.99. The zero-order chi connectivity index (χ0) is 9.47. The Balaban J connectivity index is 2.14. The minimum absolute atomic E-state index is 0.0317. The van der Waals surface area contributed by atoms with Gasteiger partial charge in [-0.3, -0.25) is 4.79 Å².